The number of fused-ring (bicyclic) bond motifs is 1. The SMILES string of the molecule is Cc1nn(C)c2c1nc(C(C)Cl)n2C(C)Cc1cccs1. The molecule has 0 N–H and O–H groups in total. The fourth-order valence-electron chi connectivity index (χ4n) is 2.84. The number of rotatable bonds is 4. The molecule has 3 rings (SSSR count). The van der Waals surface area contributed by atoms with Gasteiger partial charge in [0.15, 0.2) is 5.65 Å². The zero-order chi connectivity index (χ0) is 15.1. The van der Waals surface area contributed by atoms with Crippen LogP contribution in [0.1, 0.15) is 41.7 Å². The van der Waals surface area contributed by atoms with Gasteiger partial charge in [0.05, 0.1) is 11.1 Å². The molecule has 0 spiro atoms. The van der Waals surface area contributed by atoms with E-state index in [1.165, 1.54) is 4.88 Å². The number of aryl methyl sites for hydroxylation is 2. The zero-order valence-electron chi connectivity index (χ0n) is 12.7. The van der Waals surface area contributed by atoms with Crippen LogP contribution in [-0.2, 0) is 13.5 Å². The average molecular weight is 323 g/mol. The van der Waals surface area contributed by atoms with Gasteiger partial charge in [0.2, 0.25) is 0 Å². The first kappa shape index (κ1) is 14.6. The molecule has 0 amide bonds. The molecule has 3 aromatic rings. The minimum Gasteiger partial charge on any atom is -0.308 e. The Hall–Kier alpha value is -1.33. The molecule has 112 valence electrons. The van der Waals surface area contributed by atoms with E-state index in [4.69, 9.17) is 16.6 Å². The van der Waals surface area contributed by atoms with E-state index in [9.17, 15) is 0 Å². The summed E-state index contributed by atoms with van der Waals surface area (Å²) in [5.74, 6) is 0.923. The molecule has 6 heteroatoms. The van der Waals surface area contributed by atoms with E-state index in [2.05, 4.69) is 34.1 Å². The Kier molecular flexibility index (Phi) is 3.80. The van der Waals surface area contributed by atoms with Gasteiger partial charge < -0.3 is 4.57 Å². The van der Waals surface area contributed by atoms with Crippen molar-refractivity contribution in [2.24, 2.45) is 7.05 Å². The Morgan fingerprint density at radius 1 is 1.38 bits per heavy atom. The first-order valence-electron chi connectivity index (χ1n) is 7.07. The second kappa shape index (κ2) is 5.46. The van der Waals surface area contributed by atoms with Crippen LogP contribution in [0, 0.1) is 6.92 Å². The number of halogens is 1. The standard InChI is InChI=1S/C15H19ClN4S/c1-9(8-12-6-5-7-21-12)20-14(10(2)16)17-13-11(3)18-19(4)15(13)20/h5-7,9-10H,8H2,1-4H3. The number of hydrogen-bond donors (Lipinski definition) is 0. The minimum atomic E-state index is -0.123. The summed E-state index contributed by atoms with van der Waals surface area (Å²) in [7, 11) is 1.97. The Bertz CT molecular complexity index is 754. The predicted molar refractivity (Wildman–Crippen MR) is 88.2 cm³/mol. The van der Waals surface area contributed by atoms with E-state index in [1.807, 2.05) is 25.6 Å². The van der Waals surface area contributed by atoms with Gasteiger partial charge in [-0.3, -0.25) is 4.68 Å². The molecule has 0 aliphatic rings. The number of hydrogen-bond acceptors (Lipinski definition) is 3. The van der Waals surface area contributed by atoms with E-state index in [0.29, 0.717) is 6.04 Å². The van der Waals surface area contributed by atoms with Crippen molar-refractivity contribution in [1.29, 1.82) is 0 Å². The first-order valence-corrected chi connectivity index (χ1v) is 8.38. The van der Waals surface area contributed by atoms with Crippen LogP contribution in [-0.4, -0.2) is 19.3 Å². The molecule has 0 saturated carbocycles. The van der Waals surface area contributed by atoms with Crippen LogP contribution in [0.25, 0.3) is 11.2 Å². The van der Waals surface area contributed by atoms with Crippen molar-refractivity contribution in [3.63, 3.8) is 0 Å². The predicted octanol–water partition coefficient (Wildman–Crippen LogP) is 4.24. The van der Waals surface area contributed by atoms with Crippen molar-refractivity contribution in [3.8, 4) is 0 Å². The molecule has 2 unspecified atom stereocenters. The highest BCUT2D eigenvalue weighted by Gasteiger charge is 2.23. The highest BCUT2D eigenvalue weighted by atomic mass is 35.5. The maximum absolute atomic E-state index is 6.36. The summed E-state index contributed by atoms with van der Waals surface area (Å²) < 4.78 is 4.15. The summed E-state index contributed by atoms with van der Waals surface area (Å²) in [6.45, 7) is 6.18. The summed E-state index contributed by atoms with van der Waals surface area (Å²) in [5, 5.41) is 6.48. The minimum absolute atomic E-state index is 0.123. The summed E-state index contributed by atoms with van der Waals surface area (Å²) in [5.41, 5.74) is 2.96. The van der Waals surface area contributed by atoms with E-state index in [-0.39, 0.29) is 5.38 Å². The molecule has 21 heavy (non-hydrogen) atoms. The molecule has 0 fully saturated rings. The van der Waals surface area contributed by atoms with Crippen LogP contribution in [0.2, 0.25) is 0 Å². The van der Waals surface area contributed by atoms with Gasteiger partial charge in [-0.25, -0.2) is 4.98 Å². The summed E-state index contributed by atoms with van der Waals surface area (Å²) in [4.78, 5) is 6.11. The van der Waals surface area contributed by atoms with Crippen molar-refractivity contribution in [3.05, 3.63) is 33.9 Å². The van der Waals surface area contributed by atoms with Gasteiger partial charge in [-0.2, -0.15) is 5.10 Å². The summed E-state index contributed by atoms with van der Waals surface area (Å²) in [6.07, 6.45) is 0.976. The van der Waals surface area contributed by atoms with Gasteiger partial charge in [-0.05, 0) is 32.2 Å². The molecule has 0 saturated heterocycles. The average Bonchev–Trinajstić information content (AvgIpc) is 3.08. The summed E-state index contributed by atoms with van der Waals surface area (Å²) >= 11 is 8.15. The van der Waals surface area contributed by atoms with E-state index in [0.717, 1.165) is 29.1 Å². The number of imidazole rings is 1. The Morgan fingerprint density at radius 3 is 2.76 bits per heavy atom. The fourth-order valence-corrected chi connectivity index (χ4v) is 3.82. The molecule has 4 nitrogen and oxygen atoms in total. The van der Waals surface area contributed by atoms with Crippen molar-refractivity contribution in [2.75, 3.05) is 0 Å². The van der Waals surface area contributed by atoms with Gasteiger partial charge in [0.25, 0.3) is 0 Å². The van der Waals surface area contributed by atoms with Gasteiger partial charge in [-0.1, -0.05) is 6.07 Å². The zero-order valence-corrected chi connectivity index (χ0v) is 14.2. The summed E-state index contributed by atoms with van der Waals surface area (Å²) in [6, 6.07) is 4.56. The number of thiophene rings is 1. The monoisotopic (exact) mass is 322 g/mol. The largest absolute Gasteiger partial charge is 0.308 e. The van der Waals surface area contributed by atoms with E-state index >= 15 is 0 Å². The van der Waals surface area contributed by atoms with Gasteiger partial charge in [0, 0.05) is 24.4 Å². The molecule has 3 heterocycles. The molecule has 0 bridgehead atoms. The van der Waals surface area contributed by atoms with Crippen molar-refractivity contribution >= 4 is 34.1 Å². The molecule has 0 aliphatic carbocycles. The second-order valence-electron chi connectivity index (χ2n) is 5.47. The third kappa shape index (κ3) is 2.49. The van der Waals surface area contributed by atoms with Crippen molar-refractivity contribution < 1.29 is 0 Å². The Morgan fingerprint density at radius 2 is 2.14 bits per heavy atom. The molecule has 0 aliphatic heterocycles. The number of alkyl halides is 1. The third-order valence-corrected chi connectivity index (χ3v) is 4.83. The molecule has 0 aromatic carbocycles. The van der Waals surface area contributed by atoms with Crippen LogP contribution in [0.15, 0.2) is 17.5 Å². The lowest BCUT2D eigenvalue weighted by Crippen LogP contribution is -2.14. The quantitative estimate of drug-likeness (QED) is 0.673. The highest BCUT2D eigenvalue weighted by molar-refractivity contribution is 7.09. The second-order valence-corrected chi connectivity index (χ2v) is 7.16. The van der Waals surface area contributed by atoms with E-state index < -0.39 is 0 Å². The maximum atomic E-state index is 6.36. The highest BCUT2D eigenvalue weighted by Crippen LogP contribution is 2.31. The lowest BCUT2D eigenvalue weighted by molar-refractivity contribution is 0.524. The van der Waals surface area contributed by atoms with Crippen molar-refractivity contribution in [2.45, 2.75) is 38.6 Å². The molecule has 0 radical (unpaired) electrons. The van der Waals surface area contributed by atoms with Gasteiger partial charge in [0.1, 0.15) is 11.3 Å². The van der Waals surface area contributed by atoms with E-state index in [1.54, 1.807) is 11.3 Å². The molecule has 2 atom stereocenters. The molecular formula is C15H19ClN4S. The van der Waals surface area contributed by atoms with Crippen LogP contribution in [0.3, 0.4) is 0 Å². The van der Waals surface area contributed by atoms with Crippen LogP contribution in [0.5, 0.6) is 0 Å². The van der Waals surface area contributed by atoms with Crippen LogP contribution in [0.4, 0.5) is 0 Å². The third-order valence-electron chi connectivity index (χ3n) is 3.74. The number of nitrogens with zero attached hydrogens (tertiary/aromatic N) is 4. The van der Waals surface area contributed by atoms with Crippen molar-refractivity contribution in [1.82, 2.24) is 19.3 Å². The number of aromatic nitrogens is 4. The maximum Gasteiger partial charge on any atom is 0.158 e. The fraction of sp³-hybridized carbons (Fsp3) is 0.467. The first-order chi connectivity index (χ1) is 9.99. The Labute approximate surface area is 133 Å². The van der Waals surface area contributed by atoms with Crippen LogP contribution >= 0.6 is 22.9 Å². The smallest absolute Gasteiger partial charge is 0.158 e. The van der Waals surface area contributed by atoms with Crippen LogP contribution < -0.4 is 0 Å². The van der Waals surface area contributed by atoms with Gasteiger partial charge in [-0.15, -0.1) is 22.9 Å². The lowest BCUT2D eigenvalue weighted by atomic mass is 10.2. The molecular weight excluding hydrogens is 304 g/mol. The topological polar surface area (TPSA) is 35.6 Å². The Balaban J connectivity index is 2.12. The normalized spacial score (nSPS) is 14.7. The lowest BCUT2D eigenvalue weighted by Gasteiger charge is -2.18. The molecule has 3 aromatic heterocycles. The van der Waals surface area contributed by atoms with Gasteiger partial charge >= 0.3 is 0 Å².